The van der Waals surface area contributed by atoms with Crippen LogP contribution in [0.5, 0.6) is 0 Å². The maximum atomic E-state index is 12.7. The fourth-order valence-corrected chi connectivity index (χ4v) is 3.74. The highest BCUT2D eigenvalue weighted by molar-refractivity contribution is 7.90. The van der Waals surface area contributed by atoms with Crippen LogP contribution in [0.3, 0.4) is 0 Å². The molecular formula is C22H20N2O4S. The Morgan fingerprint density at radius 2 is 1.28 bits per heavy atom. The van der Waals surface area contributed by atoms with Gasteiger partial charge in [-0.3, -0.25) is 9.59 Å². The van der Waals surface area contributed by atoms with E-state index in [2.05, 4.69) is 10.6 Å². The molecule has 0 unspecified atom stereocenters. The molecule has 0 atom stereocenters. The summed E-state index contributed by atoms with van der Waals surface area (Å²) >= 11 is 0. The first-order valence-corrected chi connectivity index (χ1v) is 10.7. The highest BCUT2D eigenvalue weighted by Gasteiger charge is 2.19. The van der Waals surface area contributed by atoms with Crippen molar-refractivity contribution in [3.8, 4) is 0 Å². The Morgan fingerprint density at radius 1 is 0.724 bits per heavy atom. The molecule has 0 saturated heterocycles. The highest BCUT2D eigenvalue weighted by atomic mass is 32.2. The molecule has 0 aliphatic heterocycles. The van der Waals surface area contributed by atoms with Gasteiger partial charge in [-0.15, -0.1) is 0 Å². The van der Waals surface area contributed by atoms with E-state index < -0.39 is 15.7 Å². The Labute approximate surface area is 169 Å². The lowest BCUT2D eigenvalue weighted by Crippen LogP contribution is -2.17. The van der Waals surface area contributed by atoms with E-state index >= 15 is 0 Å². The number of hydrogen-bond acceptors (Lipinski definition) is 4. The van der Waals surface area contributed by atoms with E-state index in [9.17, 15) is 18.0 Å². The minimum absolute atomic E-state index is 0.0383. The topological polar surface area (TPSA) is 92.3 Å². The van der Waals surface area contributed by atoms with E-state index in [1.807, 2.05) is 6.07 Å². The van der Waals surface area contributed by atoms with Crippen LogP contribution in [0.1, 0.15) is 26.3 Å². The monoisotopic (exact) mass is 408 g/mol. The van der Waals surface area contributed by atoms with E-state index in [1.54, 1.807) is 61.5 Å². The molecule has 148 valence electrons. The maximum absolute atomic E-state index is 12.7. The van der Waals surface area contributed by atoms with Crippen LogP contribution in [-0.2, 0) is 9.84 Å². The smallest absolute Gasteiger partial charge is 0.256 e. The third-order valence-electron chi connectivity index (χ3n) is 4.40. The average Bonchev–Trinajstić information content (AvgIpc) is 2.71. The molecule has 3 aromatic carbocycles. The van der Waals surface area contributed by atoms with Gasteiger partial charge in [0.15, 0.2) is 9.84 Å². The number of benzene rings is 3. The molecule has 7 heteroatoms. The van der Waals surface area contributed by atoms with Crippen molar-refractivity contribution in [2.75, 3.05) is 16.9 Å². The summed E-state index contributed by atoms with van der Waals surface area (Å²) in [7, 11) is -3.55. The first-order valence-electron chi connectivity index (χ1n) is 8.84. The van der Waals surface area contributed by atoms with Crippen LogP contribution in [0.15, 0.2) is 77.7 Å². The fraction of sp³-hybridized carbons (Fsp3) is 0.0909. The lowest BCUT2D eigenvalue weighted by atomic mass is 10.1. The second-order valence-corrected chi connectivity index (χ2v) is 8.50. The van der Waals surface area contributed by atoms with Gasteiger partial charge in [-0.1, -0.05) is 36.4 Å². The van der Waals surface area contributed by atoms with Gasteiger partial charge in [-0.05, 0) is 48.9 Å². The Kier molecular flexibility index (Phi) is 5.79. The van der Waals surface area contributed by atoms with Gasteiger partial charge in [-0.25, -0.2) is 8.42 Å². The largest absolute Gasteiger partial charge is 0.322 e. The van der Waals surface area contributed by atoms with Gasteiger partial charge in [0.25, 0.3) is 11.8 Å². The van der Waals surface area contributed by atoms with Crippen molar-refractivity contribution in [1.29, 1.82) is 0 Å². The van der Waals surface area contributed by atoms with E-state index in [0.29, 0.717) is 22.5 Å². The number of anilines is 2. The first kappa shape index (κ1) is 20.3. The van der Waals surface area contributed by atoms with Crippen molar-refractivity contribution in [3.05, 3.63) is 89.5 Å². The summed E-state index contributed by atoms with van der Waals surface area (Å²) in [6, 6.07) is 19.9. The van der Waals surface area contributed by atoms with Gasteiger partial charge < -0.3 is 10.6 Å². The van der Waals surface area contributed by atoms with Crippen LogP contribution >= 0.6 is 0 Å². The molecule has 2 amide bonds. The van der Waals surface area contributed by atoms with Crippen LogP contribution in [-0.4, -0.2) is 26.5 Å². The molecule has 0 heterocycles. The normalized spacial score (nSPS) is 11.0. The average molecular weight is 408 g/mol. The zero-order valence-electron chi connectivity index (χ0n) is 16.0. The molecule has 0 fully saturated rings. The predicted octanol–water partition coefficient (Wildman–Crippen LogP) is 3.90. The number of rotatable bonds is 5. The number of amides is 2. The molecule has 0 saturated carbocycles. The summed E-state index contributed by atoms with van der Waals surface area (Å²) < 4.78 is 23.9. The molecule has 3 rings (SSSR count). The summed E-state index contributed by atoms with van der Waals surface area (Å²) in [6.07, 6.45) is 1.06. The van der Waals surface area contributed by atoms with Crippen LogP contribution in [0.4, 0.5) is 11.4 Å². The Balaban J connectivity index is 1.86. The fourth-order valence-electron chi connectivity index (χ4n) is 2.86. The Morgan fingerprint density at radius 3 is 1.90 bits per heavy atom. The summed E-state index contributed by atoms with van der Waals surface area (Å²) in [4.78, 5) is 25.1. The van der Waals surface area contributed by atoms with Crippen molar-refractivity contribution < 1.29 is 18.0 Å². The van der Waals surface area contributed by atoms with Crippen molar-refractivity contribution in [2.45, 2.75) is 11.8 Å². The minimum Gasteiger partial charge on any atom is -0.322 e. The van der Waals surface area contributed by atoms with Gasteiger partial charge in [0.2, 0.25) is 0 Å². The number of carbonyl (C=O) groups excluding carboxylic acids is 2. The van der Waals surface area contributed by atoms with Crippen LogP contribution in [0.25, 0.3) is 0 Å². The van der Waals surface area contributed by atoms with E-state index in [-0.39, 0.29) is 16.4 Å². The van der Waals surface area contributed by atoms with Crippen LogP contribution in [0.2, 0.25) is 0 Å². The lowest BCUT2D eigenvalue weighted by molar-refractivity contribution is 0.101. The lowest BCUT2D eigenvalue weighted by Gasteiger charge is -2.14. The molecule has 0 radical (unpaired) electrons. The van der Waals surface area contributed by atoms with Crippen molar-refractivity contribution in [1.82, 2.24) is 0 Å². The highest BCUT2D eigenvalue weighted by Crippen LogP contribution is 2.25. The molecule has 3 aromatic rings. The zero-order valence-corrected chi connectivity index (χ0v) is 16.8. The summed E-state index contributed by atoms with van der Waals surface area (Å²) in [6.45, 7) is 1.76. The predicted molar refractivity (Wildman–Crippen MR) is 113 cm³/mol. The maximum Gasteiger partial charge on any atom is 0.256 e. The van der Waals surface area contributed by atoms with Crippen molar-refractivity contribution in [2.24, 2.45) is 0 Å². The molecule has 0 aromatic heterocycles. The molecule has 29 heavy (non-hydrogen) atoms. The Bertz CT molecular complexity index is 1170. The quantitative estimate of drug-likeness (QED) is 0.670. The number of carbonyl (C=O) groups is 2. The molecule has 6 nitrogen and oxygen atoms in total. The second-order valence-electron chi connectivity index (χ2n) is 6.52. The van der Waals surface area contributed by atoms with E-state index in [4.69, 9.17) is 0 Å². The zero-order chi connectivity index (χ0) is 21.0. The second kappa shape index (κ2) is 8.28. The minimum atomic E-state index is -3.55. The summed E-state index contributed by atoms with van der Waals surface area (Å²) in [5, 5.41) is 5.57. The molecule has 2 N–H and O–H groups in total. The molecule has 0 aliphatic carbocycles. The van der Waals surface area contributed by atoms with E-state index in [0.717, 1.165) is 6.26 Å². The van der Waals surface area contributed by atoms with Gasteiger partial charge >= 0.3 is 0 Å². The van der Waals surface area contributed by atoms with Gasteiger partial charge in [0.05, 0.1) is 10.5 Å². The molecular weight excluding hydrogens is 388 g/mol. The van der Waals surface area contributed by atoms with Crippen LogP contribution in [0, 0.1) is 6.92 Å². The molecule has 0 bridgehead atoms. The van der Waals surface area contributed by atoms with Crippen molar-refractivity contribution in [3.63, 3.8) is 0 Å². The van der Waals surface area contributed by atoms with Gasteiger partial charge in [-0.2, -0.15) is 0 Å². The van der Waals surface area contributed by atoms with Crippen molar-refractivity contribution >= 4 is 33.0 Å². The third kappa shape index (κ3) is 4.70. The number of hydrogen-bond donors (Lipinski definition) is 2. The van der Waals surface area contributed by atoms with Gasteiger partial charge in [0, 0.05) is 23.2 Å². The Hall–Kier alpha value is -3.45. The van der Waals surface area contributed by atoms with E-state index in [1.165, 1.54) is 12.1 Å². The van der Waals surface area contributed by atoms with Crippen LogP contribution < -0.4 is 10.6 Å². The SMILES string of the molecule is Cc1c(NC(=O)c2ccccc2)cccc1NC(=O)c1ccccc1S(C)(=O)=O. The summed E-state index contributed by atoms with van der Waals surface area (Å²) in [5.41, 5.74) is 2.26. The standard InChI is InChI=1S/C22H20N2O4S/c1-15-18(23-21(25)16-9-4-3-5-10-16)12-8-13-19(15)24-22(26)17-11-6-7-14-20(17)29(2,27)28/h3-14H,1-2H3,(H,23,25)(H,24,26). The third-order valence-corrected chi connectivity index (χ3v) is 5.55. The molecule has 0 aliphatic rings. The summed E-state index contributed by atoms with van der Waals surface area (Å²) in [5.74, 6) is -0.805. The number of nitrogens with one attached hydrogen (secondary N) is 2. The number of sulfone groups is 1. The first-order chi connectivity index (χ1) is 13.8. The molecule has 0 spiro atoms. The van der Waals surface area contributed by atoms with Gasteiger partial charge in [0.1, 0.15) is 0 Å².